The van der Waals surface area contributed by atoms with Crippen molar-refractivity contribution in [2.24, 2.45) is 23.0 Å². The van der Waals surface area contributed by atoms with Crippen LogP contribution in [0.1, 0.15) is 39.5 Å². The lowest BCUT2D eigenvalue weighted by Gasteiger charge is -2.42. The van der Waals surface area contributed by atoms with Crippen molar-refractivity contribution in [1.82, 2.24) is 0 Å². The number of hydrogen-bond acceptors (Lipinski definition) is 2. The topological polar surface area (TPSA) is 63.3 Å². The van der Waals surface area contributed by atoms with E-state index in [1.165, 1.54) is 0 Å². The van der Waals surface area contributed by atoms with Crippen molar-refractivity contribution in [2.45, 2.75) is 39.5 Å². The van der Waals surface area contributed by atoms with Crippen molar-refractivity contribution in [3.8, 4) is 0 Å². The van der Waals surface area contributed by atoms with Gasteiger partial charge in [-0.15, -0.1) is 0 Å². The van der Waals surface area contributed by atoms with Gasteiger partial charge >= 0.3 is 5.97 Å². The van der Waals surface area contributed by atoms with Crippen molar-refractivity contribution >= 4 is 5.97 Å². The highest BCUT2D eigenvalue weighted by Gasteiger charge is 2.47. The molecule has 1 rings (SSSR count). The molecule has 1 atom stereocenters. The van der Waals surface area contributed by atoms with Crippen LogP contribution in [0.15, 0.2) is 0 Å². The number of nitrogens with two attached hydrogens (primary N) is 1. The van der Waals surface area contributed by atoms with Crippen LogP contribution in [-0.2, 0) is 4.79 Å². The lowest BCUT2D eigenvalue weighted by molar-refractivity contribution is -0.155. The maximum atomic E-state index is 11.3. The molecule has 0 aliphatic heterocycles. The third kappa shape index (κ3) is 1.92. The van der Waals surface area contributed by atoms with Gasteiger partial charge in [0.2, 0.25) is 0 Å². The average Bonchev–Trinajstić information content (AvgIpc) is 1.98. The first kappa shape index (κ1) is 11.5. The van der Waals surface area contributed by atoms with Gasteiger partial charge in [0, 0.05) is 6.54 Å². The van der Waals surface area contributed by atoms with E-state index in [0.29, 0.717) is 18.3 Å². The molecule has 3 N–H and O–H groups in total. The van der Waals surface area contributed by atoms with Crippen LogP contribution in [0.5, 0.6) is 0 Å². The van der Waals surface area contributed by atoms with E-state index in [1.54, 1.807) is 0 Å². The Morgan fingerprint density at radius 1 is 1.57 bits per heavy atom. The number of rotatable bonds is 5. The molecule has 0 heterocycles. The fraction of sp³-hybridized carbons (Fsp3) is 0.909. The summed E-state index contributed by atoms with van der Waals surface area (Å²) < 4.78 is 0. The Morgan fingerprint density at radius 3 is 2.36 bits per heavy atom. The third-order valence-electron chi connectivity index (χ3n) is 3.45. The molecular weight excluding hydrogens is 178 g/mol. The van der Waals surface area contributed by atoms with Crippen molar-refractivity contribution in [3.63, 3.8) is 0 Å². The van der Waals surface area contributed by atoms with Crippen LogP contribution >= 0.6 is 0 Å². The third-order valence-corrected chi connectivity index (χ3v) is 3.45. The molecule has 0 aromatic carbocycles. The van der Waals surface area contributed by atoms with Crippen LogP contribution in [0.25, 0.3) is 0 Å². The van der Waals surface area contributed by atoms with Crippen molar-refractivity contribution in [2.75, 3.05) is 6.54 Å². The van der Waals surface area contributed by atoms with Gasteiger partial charge in [0.05, 0.1) is 5.41 Å². The monoisotopic (exact) mass is 199 g/mol. The summed E-state index contributed by atoms with van der Waals surface area (Å²) in [5.74, 6) is 0.0149. The highest BCUT2D eigenvalue weighted by molar-refractivity contribution is 5.75. The zero-order chi connectivity index (χ0) is 10.8. The van der Waals surface area contributed by atoms with E-state index in [4.69, 9.17) is 5.73 Å². The molecule has 1 unspecified atom stereocenters. The summed E-state index contributed by atoms with van der Waals surface area (Å²) in [7, 11) is 0. The molecule has 0 aromatic rings. The molecule has 0 bridgehead atoms. The van der Waals surface area contributed by atoms with Gasteiger partial charge in [-0.1, -0.05) is 20.3 Å². The Bertz CT molecular complexity index is 211. The Kier molecular flexibility index (Phi) is 3.53. The average molecular weight is 199 g/mol. The van der Waals surface area contributed by atoms with Crippen LogP contribution < -0.4 is 5.73 Å². The van der Waals surface area contributed by atoms with Gasteiger partial charge in [0.1, 0.15) is 0 Å². The van der Waals surface area contributed by atoms with Crippen molar-refractivity contribution in [3.05, 3.63) is 0 Å². The van der Waals surface area contributed by atoms with Crippen LogP contribution in [0.3, 0.4) is 0 Å². The summed E-state index contributed by atoms with van der Waals surface area (Å²) in [5.41, 5.74) is 5.04. The zero-order valence-electron chi connectivity index (χ0n) is 9.12. The van der Waals surface area contributed by atoms with Gasteiger partial charge in [-0.3, -0.25) is 4.79 Å². The standard InChI is InChI=1S/C11H21NO2/c1-8(2)6-11(7-12,10(13)14)9-4-3-5-9/h8-9H,3-7,12H2,1-2H3,(H,13,14). The second-order valence-electron chi connectivity index (χ2n) is 4.89. The number of aliphatic carboxylic acids is 1. The lowest BCUT2D eigenvalue weighted by atomic mass is 9.62. The maximum absolute atomic E-state index is 11.3. The molecular formula is C11H21NO2. The molecule has 1 aliphatic carbocycles. The van der Waals surface area contributed by atoms with E-state index in [9.17, 15) is 9.90 Å². The van der Waals surface area contributed by atoms with Crippen LogP contribution in [0, 0.1) is 17.3 Å². The molecule has 3 heteroatoms. The SMILES string of the molecule is CC(C)CC(CN)(C(=O)O)C1CCC1. The van der Waals surface area contributed by atoms with Gasteiger partial charge < -0.3 is 10.8 Å². The Morgan fingerprint density at radius 2 is 2.14 bits per heavy atom. The molecule has 14 heavy (non-hydrogen) atoms. The van der Waals surface area contributed by atoms with Crippen LogP contribution in [0.2, 0.25) is 0 Å². The van der Waals surface area contributed by atoms with E-state index in [2.05, 4.69) is 13.8 Å². The second kappa shape index (κ2) is 4.30. The van der Waals surface area contributed by atoms with Gasteiger partial charge in [-0.2, -0.15) is 0 Å². The molecule has 1 aliphatic rings. The normalized spacial score (nSPS) is 21.7. The molecule has 0 amide bonds. The highest BCUT2D eigenvalue weighted by Crippen LogP contribution is 2.45. The molecule has 1 fully saturated rings. The fourth-order valence-electron chi connectivity index (χ4n) is 2.46. The van der Waals surface area contributed by atoms with Gasteiger partial charge in [-0.25, -0.2) is 0 Å². The number of carboxylic acid groups (broad SMARTS) is 1. The molecule has 0 aromatic heterocycles. The molecule has 82 valence electrons. The van der Waals surface area contributed by atoms with Gasteiger partial charge in [0.25, 0.3) is 0 Å². The molecule has 3 nitrogen and oxygen atoms in total. The summed E-state index contributed by atoms with van der Waals surface area (Å²) in [5, 5.41) is 9.33. The van der Waals surface area contributed by atoms with Gasteiger partial charge in [0.15, 0.2) is 0 Å². The predicted molar refractivity (Wildman–Crippen MR) is 55.9 cm³/mol. The minimum absolute atomic E-state index is 0.283. The van der Waals surface area contributed by atoms with Crippen molar-refractivity contribution < 1.29 is 9.90 Å². The first-order valence-corrected chi connectivity index (χ1v) is 5.46. The largest absolute Gasteiger partial charge is 0.481 e. The Balaban J connectivity index is 2.79. The Hall–Kier alpha value is -0.570. The fourth-order valence-corrected chi connectivity index (χ4v) is 2.46. The maximum Gasteiger partial charge on any atom is 0.311 e. The summed E-state index contributed by atoms with van der Waals surface area (Å²) in [6, 6.07) is 0. The zero-order valence-corrected chi connectivity index (χ0v) is 9.12. The molecule has 1 saturated carbocycles. The quantitative estimate of drug-likeness (QED) is 0.710. The van der Waals surface area contributed by atoms with E-state index in [-0.39, 0.29) is 6.54 Å². The first-order chi connectivity index (χ1) is 6.53. The number of carbonyl (C=O) groups is 1. The minimum atomic E-state index is -0.696. The van der Waals surface area contributed by atoms with Crippen LogP contribution in [0.4, 0.5) is 0 Å². The molecule has 0 radical (unpaired) electrons. The Labute approximate surface area is 85.7 Å². The van der Waals surface area contributed by atoms with E-state index in [0.717, 1.165) is 19.3 Å². The molecule has 0 spiro atoms. The van der Waals surface area contributed by atoms with Gasteiger partial charge in [-0.05, 0) is 31.1 Å². The van der Waals surface area contributed by atoms with E-state index >= 15 is 0 Å². The van der Waals surface area contributed by atoms with E-state index in [1.807, 2.05) is 0 Å². The number of hydrogen-bond donors (Lipinski definition) is 2. The van der Waals surface area contributed by atoms with E-state index < -0.39 is 11.4 Å². The van der Waals surface area contributed by atoms with Crippen molar-refractivity contribution in [1.29, 1.82) is 0 Å². The lowest BCUT2D eigenvalue weighted by Crippen LogP contribution is -2.48. The predicted octanol–water partition coefficient (Wildman–Crippen LogP) is 1.86. The summed E-state index contributed by atoms with van der Waals surface area (Å²) in [4.78, 5) is 11.3. The molecule has 0 saturated heterocycles. The highest BCUT2D eigenvalue weighted by atomic mass is 16.4. The summed E-state index contributed by atoms with van der Waals surface area (Å²) in [6.45, 7) is 4.41. The summed E-state index contributed by atoms with van der Waals surface area (Å²) in [6.07, 6.45) is 3.95. The smallest absolute Gasteiger partial charge is 0.311 e. The minimum Gasteiger partial charge on any atom is -0.481 e. The first-order valence-electron chi connectivity index (χ1n) is 5.46. The summed E-state index contributed by atoms with van der Waals surface area (Å²) >= 11 is 0. The second-order valence-corrected chi connectivity index (χ2v) is 4.89. The number of carboxylic acids is 1. The van der Waals surface area contributed by atoms with Crippen LogP contribution in [-0.4, -0.2) is 17.6 Å².